The fourth-order valence-electron chi connectivity index (χ4n) is 3.01. The van der Waals surface area contributed by atoms with Gasteiger partial charge >= 0.3 is 0 Å². The van der Waals surface area contributed by atoms with Gasteiger partial charge in [0.2, 0.25) is 17.7 Å². The second-order valence-corrected chi connectivity index (χ2v) is 6.67. The number of carbonyl (C=O) groups excluding carboxylic acids is 3. The first-order chi connectivity index (χ1) is 11.8. The molecule has 0 bridgehead atoms. The van der Waals surface area contributed by atoms with Gasteiger partial charge in [0.25, 0.3) is 0 Å². The molecule has 1 aliphatic rings. The van der Waals surface area contributed by atoms with Gasteiger partial charge in [-0.15, -0.1) is 0 Å². The van der Waals surface area contributed by atoms with Crippen LogP contribution >= 0.6 is 11.6 Å². The largest absolute Gasteiger partial charge is 0.339 e. The number of halogens is 1. The van der Waals surface area contributed by atoms with Crippen LogP contribution in [0.5, 0.6) is 0 Å². The third-order valence-electron chi connectivity index (χ3n) is 4.46. The molecule has 6 nitrogen and oxygen atoms in total. The zero-order valence-electron chi connectivity index (χ0n) is 14.9. The number of hydrogen-bond donors (Lipinski definition) is 0. The highest BCUT2D eigenvalue weighted by Crippen LogP contribution is 2.24. The standard InChI is InChI=1S/C18H24ClN3O3/c1-13-12-16(19)4-5-17(13)22(15(3)24)7-6-18(25)21-10-8-20(9-11-21)14(2)23/h4-5,12H,6-11H2,1-3H3. The van der Waals surface area contributed by atoms with Gasteiger partial charge in [0, 0.05) is 63.7 Å². The Labute approximate surface area is 153 Å². The number of aryl methyl sites for hydroxylation is 1. The third-order valence-corrected chi connectivity index (χ3v) is 4.69. The first-order valence-electron chi connectivity index (χ1n) is 8.37. The number of piperazine rings is 1. The lowest BCUT2D eigenvalue weighted by Gasteiger charge is -2.34. The summed E-state index contributed by atoms with van der Waals surface area (Å²) >= 11 is 5.97. The molecular formula is C18H24ClN3O3. The Hall–Kier alpha value is -2.08. The van der Waals surface area contributed by atoms with Gasteiger partial charge in [-0.3, -0.25) is 14.4 Å². The zero-order chi connectivity index (χ0) is 18.6. The van der Waals surface area contributed by atoms with Crippen molar-refractivity contribution in [3.05, 3.63) is 28.8 Å². The number of carbonyl (C=O) groups is 3. The summed E-state index contributed by atoms with van der Waals surface area (Å²) in [5.74, 6) is -0.0752. The molecule has 1 saturated heterocycles. The van der Waals surface area contributed by atoms with Crippen LogP contribution in [0.3, 0.4) is 0 Å². The second-order valence-electron chi connectivity index (χ2n) is 6.24. The lowest BCUT2D eigenvalue weighted by atomic mass is 10.1. The van der Waals surface area contributed by atoms with Crippen LogP contribution in [-0.2, 0) is 14.4 Å². The Morgan fingerprint density at radius 3 is 2.20 bits per heavy atom. The average molecular weight is 366 g/mol. The first kappa shape index (κ1) is 19.2. The van der Waals surface area contributed by atoms with E-state index in [9.17, 15) is 14.4 Å². The number of benzene rings is 1. The molecule has 7 heteroatoms. The van der Waals surface area contributed by atoms with E-state index in [0.29, 0.717) is 37.7 Å². The van der Waals surface area contributed by atoms with Crippen LogP contribution in [-0.4, -0.2) is 60.2 Å². The van der Waals surface area contributed by atoms with E-state index in [0.717, 1.165) is 11.3 Å². The molecular weight excluding hydrogens is 342 g/mol. The molecule has 0 spiro atoms. The monoisotopic (exact) mass is 365 g/mol. The molecule has 2 rings (SSSR count). The van der Waals surface area contributed by atoms with Crippen molar-refractivity contribution in [2.24, 2.45) is 0 Å². The van der Waals surface area contributed by atoms with Gasteiger partial charge in [0.15, 0.2) is 0 Å². The van der Waals surface area contributed by atoms with E-state index >= 15 is 0 Å². The van der Waals surface area contributed by atoms with Crippen molar-refractivity contribution >= 4 is 35.0 Å². The second kappa shape index (κ2) is 8.34. The van der Waals surface area contributed by atoms with Crippen LogP contribution in [0.4, 0.5) is 5.69 Å². The average Bonchev–Trinajstić information content (AvgIpc) is 2.56. The van der Waals surface area contributed by atoms with Gasteiger partial charge in [-0.25, -0.2) is 0 Å². The van der Waals surface area contributed by atoms with Crippen LogP contribution in [0.1, 0.15) is 25.8 Å². The van der Waals surface area contributed by atoms with Crippen LogP contribution in [0.25, 0.3) is 0 Å². The highest BCUT2D eigenvalue weighted by atomic mass is 35.5. The van der Waals surface area contributed by atoms with E-state index in [-0.39, 0.29) is 24.1 Å². The topological polar surface area (TPSA) is 60.9 Å². The number of amides is 3. The normalized spacial score (nSPS) is 14.4. The van der Waals surface area contributed by atoms with E-state index in [4.69, 9.17) is 11.6 Å². The maximum absolute atomic E-state index is 12.4. The smallest absolute Gasteiger partial charge is 0.224 e. The molecule has 0 aliphatic carbocycles. The molecule has 25 heavy (non-hydrogen) atoms. The van der Waals surface area contributed by atoms with Crippen molar-refractivity contribution < 1.29 is 14.4 Å². The number of rotatable bonds is 4. The van der Waals surface area contributed by atoms with Gasteiger partial charge in [-0.05, 0) is 30.7 Å². The van der Waals surface area contributed by atoms with Gasteiger partial charge in [0.1, 0.15) is 0 Å². The molecule has 0 saturated carbocycles. The summed E-state index contributed by atoms with van der Waals surface area (Å²) in [6, 6.07) is 5.34. The molecule has 0 N–H and O–H groups in total. The maximum atomic E-state index is 12.4. The molecule has 1 aromatic carbocycles. The van der Waals surface area contributed by atoms with Crippen molar-refractivity contribution in [3.63, 3.8) is 0 Å². The summed E-state index contributed by atoms with van der Waals surface area (Å²) in [6.07, 6.45) is 0.252. The van der Waals surface area contributed by atoms with E-state index in [2.05, 4.69) is 0 Å². The predicted octanol–water partition coefficient (Wildman–Crippen LogP) is 2.08. The molecule has 0 aromatic heterocycles. The Balaban J connectivity index is 1.96. The summed E-state index contributed by atoms with van der Waals surface area (Å²) in [5, 5.41) is 0.615. The molecule has 3 amide bonds. The van der Waals surface area contributed by atoms with Crippen molar-refractivity contribution in [1.82, 2.24) is 9.80 Å². The van der Waals surface area contributed by atoms with Gasteiger partial charge in [-0.1, -0.05) is 11.6 Å². The Morgan fingerprint density at radius 2 is 1.68 bits per heavy atom. The SMILES string of the molecule is CC(=O)N1CCN(C(=O)CCN(C(C)=O)c2ccc(Cl)cc2C)CC1. The van der Waals surface area contributed by atoms with Crippen molar-refractivity contribution in [2.45, 2.75) is 27.2 Å². The first-order valence-corrected chi connectivity index (χ1v) is 8.75. The van der Waals surface area contributed by atoms with Crippen molar-refractivity contribution in [2.75, 3.05) is 37.6 Å². The summed E-state index contributed by atoms with van der Waals surface area (Å²) in [7, 11) is 0. The molecule has 1 heterocycles. The Bertz CT molecular complexity index is 670. The highest BCUT2D eigenvalue weighted by Gasteiger charge is 2.23. The van der Waals surface area contributed by atoms with E-state index in [1.807, 2.05) is 6.92 Å². The zero-order valence-corrected chi connectivity index (χ0v) is 15.7. The van der Waals surface area contributed by atoms with Gasteiger partial charge in [-0.2, -0.15) is 0 Å². The van der Waals surface area contributed by atoms with E-state index in [1.54, 1.807) is 32.9 Å². The van der Waals surface area contributed by atoms with Crippen LogP contribution in [0, 0.1) is 6.92 Å². The molecule has 1 aromatic rings. The number of hydrogen-bond acceptors (Lipinski definition) is 3. The lowest BCUT2D eigenvalue weighted by Crippen LogP contribution is -2.50. The third kappa shape index (κ3) is 4.95. The quantitative estimate of drug-likeness (QED) is 0.820. The minimum atomic E-state index is -0.111. The van der Waals surface area contributed by atoms with E-state index < -0.39 is 0 Å². The highest BCUT2D eigenvalue weighted by molar-refractivity contribution is 6.30. The number of anilines is 1. The molecule has 1 fully saturated rings. The van der Waals surface area contributed by atoms with Crippen molar-refractivity contribution in [3.8, 4) is 0 Å². The minimum Gasteiger partial charge on any atom is -0.339 e. The van der Waals surface area contributed by atoms with Crippen LogP contribution in [0.15, 0.2) is 18.2 Å². The molecule has 0 atom stereocenters. The maximum Gasteiger partial charge on any atom is 0.224 e. The Kier molecular flexibility index (Phi) is 6.42. The van der Waals surface area contributed by atoms with E-state index in [1.165, 1.54) is 13.8 Å². The van der Waals surface area contributed by atoms with Crippen LogP contribution < -0.4 is 4.90 Å². The fourth-order valence-corrected chi connectivity index (χ4v) is 3.23. The molecule has 136 valence electrons. The minimum absolute atomic E-state index is 0.000989. The number of nitrogens with zero attached hydrogens (tertiary/aromatic N) is 3. The summed E-state index contributed by atoms with van der Waals surface area (Å²) < 4.78 is 0. The van der Waals surface area contributed by atoms with Crippen molar-refractivity contribution in [1.29, 1.82) is 0 Å². The predicted molar refractivity (Wildman–Crippen MR) is 97.7 cm³/mol. The van der Waals surface area contributed by atoms with Gasteiger partial charge < -0.3 is 14.7 Å². The fraction of sp³-hybridized carbons (Fsp3) is 0.500. The Morgan fingerprint density at radius 1 is 1.08 bits per heavy atom. The summed E-state index contributed by atoms with van der Waals surface area (Å²) in [6.45, 7) is 7.45. The molecule has 1 aliphatic heterocycles. The summed E-state index contributed by atoms with van der Waals surface area (Å²) in [4.78, 5) is 40.9. The summed E-state index contributed by atoms with van der Waals surface area (Å²) in [5.41, 5.74) is 1.66. The van der Waals surface area contributed by atoms with Crippen LogP contribution in [0.2, 0.25) is 5.02 Å². The molecule has 0 radical (unpaired) electrons. The molecule has 0 unspecified atom stereocenters. The lowest BCUT2D eigenvalue weighted by molar-refractivity contribution is -0.138. The van der Waals surface area contributed by atoms with Gasteiger partial charge in [0.05, 0.1) is 0 Å².